The number of amides is 2. The van der Waals surface area contributed by atoms with Gasteiger partial charge in [0, 0.05) is 45.5 Å². The first-order valence-corrected chi connectivity index (χ1v) is 8.12. The van der Waals surface area contributed by atoms with E-state index in [-0.39, 0.29) is 0 Å². The van der Waals surface area contributed by atoms with Gasteiger partial charge in [0.05, 0.1) is 0 Å². The molecule has 2 amide bonds. The number of piperazine rings is 1. The van der Waals surface area contributed by atoms with E-state index in [1.54, 1.807) is 0 Å². The second-order valence-corrected chi connectivity index (χ2v) is 5.90. The summed E-state index contributed by atoms with van der Waals surface area (Å²) >= 11 is 0. The van der Waals surface area contributed by atoms with Gasteiger partial charge in [0.25, 0.3) is 0 Å². The number of hydrogen-bond donors (Lipinski definition) is 2. The fourth-order valence-corrected chi connectivity index (χ4v) is 2.63. The Hall–Kier alpha value is -2.08. The molecule has 0 atom stereocenters. The van der Waals surface area contributed by atoms with Crippen LogP contribution in [0.5, 0.6) is 0 Å². The molecule has 0 spiro atoms. The van der Waals surface area contributed by atoms with Crippen molar-refractivity contribution in [3.05, 3.63) is 29.8 Å². The zero-order valence-corrected chi connectivity index (χ0v) is 14.0. The van der Waals surface area contributed by atoms with Gasteiger partial charge in [-0.05, 0) is 37.6 Å². The summed E-state index contributed by atoms with van der Waals surface area (Å²) in [5.74, 6) is -1.17. The quantitative estimate of drug-likeness (QED) is 0.603. The number of nitrogens with one attached hydrogen (secondary N) is 2. The Balaban J connectivity index is 1.73. The molecule has 1 aliphatic rings. The molecule has 2 N–H and O–H groups in total. The van der Waals surface area contributed by atoms with Crippen LogP contribution < -0.4 is 15.5 Å². The molecular formula is C17H26N4O2. The van der Waals surface area contributed by atoms with Gasteiger partial charge in [0.15, 0.2) is 0 Å². The van der Waals surface area contributed by atoms with Gasteiger partial charge in [0.2, 0.25) is 0 Å². The van der Waals surface area contributed by atoms with Gasteiger partial charge in [0.1, 0.15) is 0 Å². The first-order chi connectivity index (χ1) is 11.1. The number of nitrogens with zero attached hydrogens (tertiary/aromatic N) is 2. The topological polar surface area (TPSA) is 64.7 Å². The van der Waals surface area contributed by atoms with E-state index < -0.39 is 11.8 Å². The number of rotatable bonds is 5. The van der Waals surface area contributed by atoms with Crippen LogP contribution in [0.25, 0.3) is 0 Å². The van der Waals surface area contributed by atoms with E-state index in [4.69, 9.17) is 0 Å². The molecule has 6 heteroatoms. The molecule has 0 radical (unpaired) electrons. The van der Waals surface area contributed by atoms with E-state index in [1.165, 1.54) is 18.3 Å². The zero-order valence-electron chi connectivity index (χ0n) is 14.0. The van der Waals surface area contributed by atoms with Crippen molar-refractivity contribution in [2.45, 2.75) is 12.8 Å². The lowest BCUT2D eigenvalue weighted by atomic mass is 10.1. The molecule has 1 aromatic carbocycles. The van der Waals surface area contributed by atoms with Gasteiger partial charge in [-0.15, -0.1) is 0 Å². The van der Waals surface area contributed by atoms with Crippen molar-refractivity contribution in [3.63, 3.8) is 0 Å². The predicted molar refractivity (Wildman–Crippen MR) is 91.5 cm³/mol. The first kappa shape index (κ1) is 17.3. The van der Waals surface area contributed by atoms with Crippen LogP contribution >= 0.6 is 0 Å². The van der Waals surface area contributed by atoms with Crippen LogP contribution in [-0.2, 0) is 16.0 Å². The minimum atomic E-state index is -0.596. The molecule has 1 aliphatic heterocycles. The van der Waals surface area contributed by atoms with E-state index >= 15 is 0 Å². The molecule has 1 fully saturated rings. The standard InChI is InChI=1S/C17H26N4O2/c1-18-16(22)17(23)19-9-3-4-14-5-7-15(8-6-14)21-12-10-20(2)11-13-21/h5-8H,3-4,9-13H2,1-2H3,(H,18,22)(H,19,23). The lowest BCUT2D eigenvalue weighted by molar-refractivity contribution is -0.138. The third-order valence-electron chi connectivity index (χ3n) is 4.17. The SMILES string of the molecule is CNC(=O)C(=O)NCCCc1ccc(N2CCN(C)CC2)cc1. The normalized spacial score (nSPS) is 15.3. The Morgan fingerprint density at radius 2 is 1.70 bits per heavy atom. The van der Waals surface area contributed by atoms with Crippen molar-refractivity contribution in [3.8, 4) is 0 Å². The summed E-state index contributed by atoms with van der Waals surface area (Å²) in [6.45, 7) is 4.86. The average molecular weight is 318 g/mol. The first-order valence-electron chi connectivity index (χ1n) is 8.12. The second-order valence-electron chi connectivity index (χ2n) is 5.90. The highest BCUT2D eigenvalue weighted by Gasteiger charge is 2.14. The molecule has 0 unspecified atom stereocenters. The minimum absolute atomic E-state index is 0.506. The number of carbonyl (C=O) groups is 2. The highest BCUT2D eigenvalue weighted by atomic mass is 16.2. The Kier molecular flexibility index (Phi) is 6.40. The van der Waals surface area contributed by atoms with Crippen LogP contribution in [-0.4, -0.2) is 63.5 Å². The summed E-state index contributed by atoms with van der Waals surface area (Å²) in [4.78, 5) is 27.1. The molecule has 2 rings (SSSR count). The number of aryl methyl sites for hydroxylation is 1. The van der Waals surface area contributed by atoms with Crippen LogP contribution in [0.1, 0.15) is 12.0 Å². The van der Waals surface area contributed by atoms with Crippen molar-refractivity contribution in [1.29, 1.82) is 0 Å². The van der Waals surface area contributed by atoms with Crippen LogP contribution in [0.15, 0.2) is 24.3 Å². The van der Waals surface area contributed by atoms with Crippen molar-refractivity contribution in [2.75, 3.05) is 51.7 Å². The van der Waals surface area contributed by atoms with Crippen LogP contribution in [0, 0.1) is 0 Å². The lowest BCUT2D eigenvalue weighted by Crippen LogP contribution is -2.44. The molecule has 23 heavy (non-hydrogen) atoms. The fourth-order valence-electron chi connectivity index (χ4n) is 2.63. The number of hydrogen-bond acceptors (Lipinski definition) is 4. The second kappa shape index (κ2) is 8.53. The van der Waals surface area contributed by atoms with Gasteiger partial charge in [-0.1, -0.05) is 12.1 Å². The number of anilines is 1. The Morgan fingerprint density at radius 1 is 1.04 bits per heavy atom. The zero-order chi connectivity index (χ0) is 16.7. The fraction of sp³-hybridized carbons (Fsp3) is 0.529. The summed E-state index contributed by atoms with van der Waals surface area (Å²) in [5.41, 5.74) is 2.52. The summed E-state index contributed by atoms with van der Waals surface area (Å²) in [5, 5.41) is 4.91. The van der Waals surface area contributed by atoms with Crippen LogP contribution in [0.4, 0.5) is 5.69 Å². The van der Waals surface area contributed by atoms with E-state index in [0.29, 0.717) is 6.54 Å². The molecular weight excluding hydrogens is 292 g/mol. The van der Waals surface area contributed by atoms with E-state index in [2.05, 4.69) is 51.7 Å². The van der Waals surface area contributed by atoms with Gasteiger partial charge in [-0.3, -0.25) is 9.59 Å². The van der Waals surface area contributed by atoms with Gasteiger partial charge in [-0.2, -0.15) is 0 Å². The predicted octanol–water partition coefficient (Wildman–Crippen LogP) is 0.233. The van der Waals surface area contributed by atoms with E-state index in [0.717, 1.165) is 39.0 Å². The molecule has 1 aromatic rings. The van der Waals surface area contributed by atoms with Crippen LogP contribution in [0.2, 0.25) is 0 Å². The van der Waals surface area contributed by atoms with Crippen molar-refractivity contribution < 1.29 is 9.59 Å². The largest absolute Gasteiger partial charge is 0.369 e. The molecule has 0 aromatic heterocycles. The average Bonchev–Trinajstić information content (AvgIpc) is 2.59. The maximum absolute atomic E-state index is 11.3. The van der Waals surface area contributed by atoms with Gasteiger partial charge < -0.3 is 20.4 Å². The van der Waals surface area contributed by atoms with Gasteiger partial charge in [-0.25, -0.2) is 0 Å². The van der Waals surface area contributed by atoms with E-state index in [1.807, 2.05) is 0 Å². The minimum Gasteiger partial charge on any atom is -0.369 e. The highest BCUT2D eigenvalue weighted by molar-refractivity contribution is 6.34. The number of carbonyl (C=O) groups excluding carboxylic acids is 2. The summed E-state index contributed by atoms with van der Waals surface area (Å²) < 4.78 is 0. The maximum atomic E-state index is 11.3. The summed E-state index contributed by atoms with van der Waals surface area (Å²) in [6, 6.07) is 8.63. The Bertz CT molecular complexity index is 522. The van der Waals surface area contributed by atoms with Crippen molar-refractivity contribution >= 4 is 17.5 Å². The summed E-state index contributed by atoms with van der Waals surface area (Å²) in [6.07, 6.45) is 1.70. The van der Waals surface area contributed by atoms with Crippen LogP contribution in [0.3, 0.4) is 0 Å². The van der Waals surface area contributed by atoms with E-state index in [9.17, 15) is 9.59 Å². The third-order valence-corrected chi connectivity index (χ3v) is 4.17. The Morgan fingerprint density at radius 3 is 2.30 bits per heavy atom. The lowest BCUT2D eigenvalue weighted by Gasteiger charge is -2.34. The van der Waals surface area contributed by atoms with Gasteiger partial charge >= 0.3 is 11.8 Å². The molecule has 0 bridgehead atoms. The van der Waals surface area contributed by atoms with Crippen molar-refractivity contribution in [1.82, 2.24) is 15.5 Å². The molecule has 1 saturated heterocycles. The number of likely N-dealkylation sites (N-methyl/N-ethyl adjacent to an activating group) is 2. The molecule has 0 saturated carbocycles. The summed E-state index contributed by atoms with van der Waals surface area (Å²) in [7, 11) is 3.60. The molecule has 126 valence electrons. The number of benzene rings is 1. The smallest absolute Gasteiger partial charge is 0.309 e. The molecule has 6 nitrogen and oxygen atoms in total. The molecule has 1 heterocycles. The maximum Gasteiger partial charge on any atom is 0.309 e. The third kappa shape index (κ3) is 5.25. The highest BCUT2D eigenvalue weighted by Crippen LogP contribution is 2.17. The Labute approximate surface area is 137 Å². The molecule has 0 aliphatic carbocycles. The van der Waals surface area contributed by atoms with Crippen molar-refractivity contribution in [2.24, 2.45) is 0 Å². The monoisotopic (exact) mass is 318 g/mol.